The molecule has 4 heteroatoms. The Hall–Kier alpha value is -0.160. The largest absolute Gasteiger partial charge is 0.379 e. The summed E-state index contributed by atoms with van der Waals surface area (Å²) >= 11 is 6.77. The van der Waals surface area contributed by atoms with E-state index in [0.717, 1.165) is 27.9 Å². The average Bonchev–Trinajstić information content (AvgIpc) is 2.95. The van der Waals surface area contributed by atoms with Crippen LogP contribution in [0.15, 0.2) is 22.9 Å². The maximum absolute atomic E-state index is 11.2. The van der Waals surface area contributed by atoms with Gasteiger partial charge in [-0.2, -0.15) is 0 Å². The lowest BCUT2D eigenvalue weighted by atomic mass is 9.90. The second kappa shape index (κ2) is 5.87. The average molecular weight is 345 g/mol. The van der Waals surface area contributed by atoms with Crippen LogP contribution in [0.25, 0.3) is 0 Å². The zero-order valence-corrected chi connectivity index (χ0v) is 13.8. The molecule has 0 unspecified atom stereocenters. The van der Waals surface area contributed by atoms with Crippen molar-refractivity contribution in [2.24, 2.45) is 0 Å². The summed E-state index contributed by atoms with van der Waals surface area (Å²) in [5, 5.41) is 16.3. The molecule has 0 aliphatic heterocycles. The predicted octanol–water partition coefficient (Wildman–Crippen LogP) is 4.84. The quantitative estimate of drug-likeness (QED) is 0.769. The van der Waals surface area contributed by atoms with E-state index in [1.165, 1.54) is 11.1 Å². The molecule has 0 atom stereocenters. The van der Waals surface area contributed by atoms with Crippen molar-refractivity contribution in [3.8, 4) is 0 Å². The van der Waals surface area contributed by atoms with Gasteiger partial charge in [0.2, 0.25) is 0 Å². The standard InChI is InChI=1S/C14H17BrOS2/c1-10-4-8-17-12(10)14(16,6-3-7-15)13-11(2)5-9-18-13/h4-5,8-9,16H,3,6-7H2,1-2H3. The van der Waals surface area contributed by atoms with E-state index in [2.05, 4.69) is 52.7 Å². The van der Waals surface area contributed by atoms with E-state index in [9.17, 15) is 5.11 Å². The van der Waals surface area contributed by atoms with Gasteiger partial charge in [0.15, 0.2) is 0 Å². The minimum absolute atomic E-state index is 0.765. The number of hydrogen-bond acceptors (Lipinski definition) is 3. The molecule has 0 saturated heterocycles. The fourth-order valence-electron chi connectivity index (χ4n) is 2.25. The van der Waals surface area contributed by atoms with E-state index in [1.807, 2.05) is 0 Å². The van der Waals surface area contributed by atoms with Gasteiger partial charge in [0.25, 0.3) is 0 Å². The molecule has 0 radical (unpaired) electrons. The zero-order valence-electron chi connectivity index (χ0n) is 10.6. The van der Waals surface area contributed by atoms with Gasteiger partial charge in [-0.1, -0.05) is 15.9 Å². The molecule has 1 N–H and O–H groups in total. The molecule has 98 valence electrons. The Kier molecular flexibility index (Phi) is 4.64. The first-order valence-corrected chi connectivity index (χ1v) is 8.85. The predicted molar refractivity (Wildman–Crippen MR) is 84.1 cm³/mol. The van der Waals surface area contributed by atoms with Gasteiger partial charge in [-0.25, -0.2) is 0 Å². The number of aliphatic hydroxyl groups is 1. The number of rotatable bonds is 5. The molecule has 0 aliphatic carbocycles. The summed E-state index contributed by atoms with van der Waals surface area (Å²) in [4.78, 5) is 2.18. The van der Waals surface area contributed by atoms with E-state index in [0.29, 0.717) is 0 Å². The fraction of sp³-hybridized carbons (Fsp3) is 0.429. The van der Waals surface area contributed by atoms with Gasteiger partial charge in [0.1, 0.15) is 5.60 Å². The molecule has 0 fully saturated rings. The van der Waals surface area contributed by atoms with Crippen molar-refractivity contribution in [3.63, 3.8) is 0 Å². The Morgan fingerprint density at radius 3 is 1.94 bits per heavy atom. The first-order valence-electron chi connectivity index (χ1n) is 5.97. The number of hydrogen-bond donors (Lipinski definition) is 1. The van der Waals surface area contributed by atoms with Gasteiger partial charge in [0, 0.05) is 15.1 Å². The highest BCUT2D eigenvalue weighted by molar-refractivity contribution is 9.09. The summed E-state index contributed by atoms with van der Waals surface area (Å²) in [6.45, 7) is 4.15. The molecular weight excluding hydrogens is 328 g/mol. The van der Waals surface area contributed by atoms with Crippen molar-refractivity contribution in [2.45, 2.75) is 32.3 Å². The van der Waals surface area contributed by atoms with Crippen LogP contribution in [0.1, 0.15) is 33.7 Å². The molecule has 2 aromatic heterocycles. The Labute approximate surface area is 125 Å². The summed E-state index contributed by atoms with van der Waals surface area (Å²) in [6.07, 6.45) is 1.73. The molecule has 2 aromatic rings. The van der Waals surface area contributed by atoms with Gasteiger partial charge in [0.05, 0.1) is 0 Å². The van der Waals surface area contributed by atoms with Gasteiger partial charge < -0.3 is 5.11 Å². The molecule has 0 aromatic carbocycles. The third-order valence-corrected chi connectivity index (χ3v) is 6.04. The summed E-state index contributed by atoms with van der Waals surface area (Å²) in [5.41, 5.74) is 1.55. The van der Waals surface area contributed by atoms with Crippen LogP contribution < -0.4 is 0 Å². The Bertz CT molecular complexity index is 475. The lowest BCUT2D eigenvalue weighted by Gasteiger charge is -2.28. The molecule has 0 spiro atoms. The van der Waals surface area contributed by atoms with Crippen LogP contribution in [0.3, 0.4) is 0 Å². The van der Waals surface area contributed by atoms with Crippen LogP contribution in [0.2, 0.25) is 0 Å². The van der Waals surface area contributed by atoms with Crippen LogP contribution in [-0.2, 0) is 5.60 Å². The second-order valence-electron chi connectivity index (χ2n) is 4.52. The molecule has 0 aliphatic rings. The number of aryl methyl sites for hydroxylation is 2. The monoisotopic (exact) mass is 344 g/mol. The molecule has 0 saturated carbocycles. The van der Waals surface area contributed by atoms with E-state index < -0.39 is 5.60 Å². The van der Waals surface area contributed by atoms with E-state index in [-0.39, 0.29) is 0 Å². The van der Waals surface area contributed by atoms with Gasteiger partial charge in [-0.15, -0.1) is 22.7 Å². The maximum Gasteiger partial charge on any atom is 0.133 e. The Morgan fingerprint density at radius 1 is 1.11 bits per heavy atom. The highest BCUT2D eigenvalue weighted by atomic mass is 79.9. The summed E-state index contributed by atoms with van der Waals surface area (Å²) in [7, 11) is 0. The number of alkyl halides is 1. The number of thiophene rings is 2. The Morgan fingerprint density at radius 2 is 1.61 bits per heavy atom. The highest BCUT2D eigenvalue weighted by Gasteiger charge is 2.35. The lowest BCUT2D eigenvalue weighted by molar-refractivity contribution is 0.0770. The SMILES string of the molecule is Cc1ccsc1C(O)(CCCBr)c1sccc1C. The molecule has 18 heavy (non-hydrogen) atoms. The highest BCUT2D eigenvalue weighted by Crippen LogP contribution is 2.42. The van der Waals surface area contributed by atoms with Crippen molar-refractivity contribution in [1.82, 2.24) is 0 Å². The summed E-state index contributed by atoms with van der Waals surface area (Å²) in [5.74, 6) is 0. The fourth-order valence-corrected chi connectivity index (χ4v) is 4.71. The first kappa shape index (κ1) is 14.3. The van der Waals surface area contributed by atoms with Crippen molar-refractivity contribution in [2.75, 3.05) is 5.33 Å². The van der Waals surface area contributed by atoms with Crippen LogP contribution in [0, 0.1) is 13.8 Å². The van der Waals surface area contributed by atoms with Gasteiger partial charge in [-0.05, 0) is 60.7 Å². The second-order valence-corrected chi connectivity index (χ2v) is 7.14. The van der Waals surface area contributed by atoms with Crippen LogP contribution in [-0.4, -0.2) is 10.4 Å². The Balaban J connectivity index is 2.48. The molecular formula is C14H17BrOS2. The van der Waals surface area contributed by atoms with Crippen molar-refractivity contribution in [1.29, 1.82) is 0 Å². The zero-order chi connectivity index (χ0) is 13.2. The van der Waals surface area contributed by atoms with Crippen LogP contribution in [0.5, 0.6) is 0 Å². The minimum atomic E-state index is -0.815. The van der Waals surface area contributed by atoms with Crippen LogP contribution >= 0.6 is 38.6 Å². The van der Waals surface area contributed by atoms with E-state index >= 15 is 0 Å². The van der Waals surface area contributed by atoms with Gasteiger partial charge in [-0.3, -0.25) is 0 Å². The first-order chi connectivity index (χ1) is 8.59. The topological polar surface area (TPSA) is 20.2 Å². The van der Waals surface area contributed by atoms with Crippen molar-refractivity contribution in [3.05, 3.63) is 43.8 Å². The minimum Gasteiger partial charge on any atom is -0.379 e. The molecule has 0 bridgehead atoms. The normalized spacial score (nSPS) is 12.0. The maximum atomic E-state index is 11.2. The third kappa shape index (κ3) is 2.57. The van der Waals surface area contributed by atoms with E-state index in [1.54, 1.807) is 22.7 Å². The third-order valence-electron chi connectivity index (χ3n) is 3.15. The van der Waals surface area contributed by atoms with Crippen LogP contribution in [0.4, 0.5) is 0 Å². The lowest BCUT2D eigenvalue weighted by Crippen LogP contribution is -2.26. The summed E-state index contributed by atoms with van der Waals surface area (Å²) in [6, 6.07) is 4.17. The number of halogens is 1. The molecule has 0 amide bonds. The smallest absolute Gasteiger partial charge is 0.133 e. The van der Waals surface area contributed by atoms with Crippen molar-refractivity contribution < 1.29 is 5.11 Å². The van der Waals surface area contributed by atoms with Gasteiger partial charge >= 0.3 is 0 Å². The molecule has 2 rings (SSSR count). The molecule has 1 nitrogen and oxygen atoms in total. The van der Waals surface area contributed by atoms with E-state index in [4.69, 9.17) is 0 Å². The molecule has 2 heterocycles. The van der Waals surface area contributed by atoms with Crippen molar-refractivity contribution >= 4 is 38.6 Å². The summed E-state index contributed by atoms with van der Waals surface area (Å²) < 4.78 is 0.